The first-order valence-electron chi connectivity index (χ1n) is 4.85. The SMILES string of the molecule is CC(C)[C@H](N)C(=O)O.CCC(N)(N)C(=O)O. The first-order chi connectivity index (χ1) is 7.06. The van der Waals surface area contributed by atoms with Gasteiger partial charge in [0, 0.05) is 0 Å². The van der Waals surface area contributed by atoms with Crippen molar-refractivity contribution in [2.24, 2.45) is 23.1 Å². The molecule has 7 heteroatoms. The van der Waals surface area contributed by atoms with E-state index in [9.17, 15) is 9.59 Å². The Bertz CT molecular complexity index is 241. The lowest BCUT2D eigenvalue weighted by Crippen LogP contribution is -2.55. The zero-order valence-corrected chi connectivity index (χ0v) is 9.80. The Morgan fingerprint density at radius 3 is 1.62 bits per heavy atom. The molecule has 0 aromatic heterocycles. The number of rotatable bonds is 4. The minimum absolute atomic E-state index is 0.0208. The second kappa shape index (κ2) is 7.15. The van der Waals surface area contributed by atoms with E-state index in [4.69, 9.17) is 27.4 Å². The van der Waals surface area contributed by atoms with Gasteiger partial charge < -0.3 is 27.4 Å². The van der Waals surface area contributed by atoms with Crippen LogP contribution in [0.3, 0.4) is 0 Å². The standard InChI is InChI=1S/C5H11NO2.C4H10N2O2/c1-3(2)4(6)5(7)8;1-2-4(5,6)3(7)8/h3-4H,6H2,1-2H3,(H,7,8);2,5-6H2,1H3,(H,7,8)/t4-;/m0./s1. The first kappa shape index (κ1) is 17.2. The van der Waals surface area contributed by atoms with Crippen LogP contribution in [0.4, 0.5) is 0 Å². The second-order valence-electron chi connectivity index (χ2n) is 3.81. The van der Waals surface area contributed by atoms with E-state index < -0.39 is 23.6 Å². The lowest BCUT2D eigenvalue weighted by Gasteiger charge is -2.14. The van der Waals surface area contributed by atoms with Crippen molar-refractivity contribution in [3.8, 4) is 0 Å². The molecular weight excluding hydrogens is 214 g/mol. The average molecular weight is 235 g/mol. The van der Waals surface area contributed by atoms with Crippen molar-refractivity contribution in [3.63, 3.8) is 0 Å². The van der Waals surface area contributed by atoms with E-state index in [1.807, 2.05) is 0 Å². The molecule has 0 aromatic rings. The molecular formula is C9H21N3O4. The summed E-state index contributed by atoms with van der Waals surface area (Å²) in [5, 5.41) is 16.4. The Morgan fingerprint density at radius 1 is 1.25 bits per heavy atom. The fourth-order valence-electron chi connectivity index (χ4n) is 0.436. The zero-order valence-electron chi connectivity index (χ0n) is 9.80. The molecule has 16 heavy (non-hydrogen) atoms. The van der Waals surface area contributed by atoms with Crippen LogP contribution in [0.2, 0.25) is 0 Å². The van der Waals surface area contributed by atoms with Crippen molar-refractivity contribution in [1.29, 1.82) is 0 Å². The predicted molar refractivity (Wildman–Crippen MR) is 59.5 cm³/mol. The Balaban J connectivity index is 0. The van der Waals surface area contributed by atoms with Gasteiger partial charge >= 0.3 is 11.9 Å². The van der Waals surface area contributed by atoms with Gasteiger partial charge in [-0.3, -0.25) is 4.79 Å². The summed E-state index contributed by atoms with van der Waals surface area (Å²) in [6.45, 7) is 5.17. The minimum atomic E-state index is -1.54. The van der Waals surface area contributed by atoms with Crippen LogP contribution in [0.1, 0.15) is 27.2 Å². The third-order valence-corrected chi connectivity index (χ3v) is 1.99. The molecule has 0 radical (unpaired) electrons. The second-order valence-corrected chi connectivity index (χ2v) is 3.81. The molecule has 96 valence electrons. The summed E-state index contributed by atoms with van der Waals surface area (Å²) >= 11 is 0. The molecule has 0 bridgehead atoms. The molecule has 0 unspecified atom stereocenters. The fourth-order valence-corrected chi connectivity index (χ4v) is 0.436. The molecule has 0 rings (SSSR count). The summed E-state index contributed by atoms with van der Waals surface area (Å²) in [4.78, 5) is 20.0. The van der Waals surface area contributed by atoms with E-state index in [0.29, 0.717) is 0 Å². The quantitative estimate of drug-likeness (QED) is 0.398. The number of carboxylic acid groups (broad SMARTS) is 2. The maximum Gasteiger partial charge on any atom is 0.338 e. The van der Waals surface area contributed by atoms with Gasteiger partial charge in [0.25, 0.3) is 0 Å². The molecule has 8 N–H and O–H groups in total. The molecule has 0 fully saturated rings. The molecule has 0 amide bonds. The molecule has 0 spiro atoms. The highest BCUT2D eigenvalue weighted by Gasteiger charge is 2.25. The normalized spacial score (nSPS) is 12.7. The summed E-state index contributed by atoms with van der Waals surface area (Å²) in [5.41, 5.74) is 13.7. The molecule has 0 saturated carbocycles. The maximum absolute atomic E-state index is 10.0. The minimum Gasteiger partial charge on any atom is -0.480 e. The van der Waals surface area contributed by atoms with Crippen molar-refractivity contribution in [2.45, 2.75) is 38.9 Å². The largest absolute Gasteiger partial charge is 0.480 e. The number of nitrogens with two attached hydrogens (primary N) is 3. The van der Waals surface area contributed by atoms with Gasteiger partial charge in [0.2, 0.25) is 0 Å². The van der Waals surface area contributed by atoms with Crippen molar-refractivity contribution in [1.82, 2.24) is 0 Å². The molecule has 0 aliphatic rings. The summed E-state index contributed by atoms with van der Waals surface area (Å²) in [6.07, 6.45) is 0.238. The third kappa shape index (κ3) is 7.16. The lowest BCUT2D eigenvalue weighted by atomic mass is 10.1. The van der Waals surface area contributed by atoms with Gasteiger partial charge in [-0.05, 0) is 12.3 Å². The van der Waals surface area contributed by atoms with E-state index >= 15 is 0 Å². The van der Waals surface area contributed by atoms with Gasteiger partial charge in [0.05, 0.1) is 0 Å². The zero-order chi connectivity index (χ0) is 13.5. The van der Waals surface area contributed by atoms with E-state index in [1.165, 1.54) is 0 Å². The highest BCUT2D eigenvalue weighted by Crippen LogP contribution is 1.96. The van der Waals surface area contributed by atoms with E-state index in [-0.39, 0.29) is 12.3 Å². The Morgan fingerprint density at radius 2 is 1.62 bits per heavy atom. The van der Waals surface area contributed by atoms with Crippen molar-refractivity contribution in [3.05, 3.63) is 0 Å². The van der Waals surface area contributed by atoms with Crippen molar-refractivity contribution in [2.75, 3.05) is 0 Å². The molecule has 1 atom stereocenters. The number of hydrogen-bond donors (Lipinski definition) is 5. The fraction of sp³-hybridized carbons (Fsp3) is 0.778. The van der Waals surface area contributed by atoms with E-state index in [1.54, 1.807) is 20.8 Å². The summed E-state index contributed by atoms with van der Waals surface area (Å²) < 4.78 is 0. The topological polar surface area (TPSA) is 153 Å². The highest BCUT2D eigenvalue weighted by molar-refractivity contribution is 5.77. The van der Waals surface area contributed by atoms with Gasteiger partial charge in [-0.1, -0.05) is 20.8 Å². The number of carbonyl (C=O) groups is 2. The molecule has 0 aromatic carbocycles. The average Bonchev–Trinajstić information content (AvgIpc) is 2.17. The third-order valence-electron chi connectivity index (χ3n) is 1.99. The van der Waals surface area contributed by atoms with Crippen LogP contribution in [-0.2, 0) is 9.59 Å². The van der Waals surface area contributed by atoms with Crippen LogP contribution >= 0.6 is 0 Å². The Hall–Kier alpha value is -1.18. The number of hydrogen-bond acceptors (Lipinski definition) is 5. The maximum atomic E-state index is 10.0. The number of carboxylic acids is 2. The van der Waals surface area contributed by atoms with Gasteiger partial charge in [-0.25, -0.2) is 4.79 Å². The van der Waals surface area contributed by atoms with E-state index in [0.717, 1.165) is 0 Å². The molecule has 0 heterocycles. The summed E-state index contributed by atoms with van der Waals surface area (Å²) in [6, 6.07) is -0.713. The van der Waals surface area contributed by atoms with Crippen LogP contribution in [0.25, 0.3) is 0 Å². The van der Waals surface area contributed by atoms with Crippen LogP contribution in [0.5, 0.6) is 0 Å². The van der Waals surface area contributed by atoms with E-state index in [2.05, 4.69) is 0 Å². The van der Waals surface area contributed by atoms with Gasteiger partial charge in [-0.2, -0.15) is 0 Å². The molecule has 7 nitrogen and oxygen atoms in total. The highest BCUT2D eigenvalue weighted by atomic mass is 16.4. The van der Waals surface area contributed by atoms with Crippen molar-refractivity contribution >= 4 is 11.9 Å². The van der Waals surface area contributed by atoms with Gasteiger partial charge in [-0.15, -0.1) is 0 Å². The van der Waals surface area contributed by atoms with Gasteiger partial charge in [0.1, 0.15) is 6.04 Å². The molecule has 0 saturated heterocycles. The van der Waals surface area contributed by atoms with Crippen LogP contribution in [-0.4, -0.2) is 33.9 Å². The Kier molecular flexibility index (Phi) is 7.70. The lowest BCUT2D eigenvalue weighted by molar-refractivity contribution is -0.143. The monoisotopic (exact) mass is 235 g/mol. The molecule has 0 aliphatic carbocycles. The van der Waals surface area contributed by atoms with Crippen LogP contribution < -0.4 is 17.2 Å². The molecule has 0 aliphatic heterocycles. The number of aliphatic carboxylic acids is 2. The van der Waals surface area contributed by atoms with Gasteiger partial charge in [0.15, 0.2) is 5.66 Å². The van der Waals surface area contributed by atoms with Crippen LogP contribution in [0, 0.1) is 5.92 Å². The predicted octanol–water partition coefficient (Wildman–Crippen LogP) is -0.851. The smallest absolute Gasteiger partial charge is 0.338 e. The van der Waals surface area contributed by atoms with Crippen LogP contribution in [0.15, 0.2) is 0 Å². The Labute approximate surface area is 94.6 Å². The summed E-state index contributed by atoms with van der Waals surface area (Å²) in [7, 11) is 0. The first-order valence-corrected chi connectivity index (χ1v) is 4.85. The summed E-state index contributed by atoms with van der Waals surface area (Å²) in [5.74, 6) is -2.08. The van der Waals surface area contributed by atoms with Crippen molar-refractivity contribution < 1.29 is 19.8 Å².